The molecule has 0 amide bonds. The molecule has 1 spiro atoms. The van der Waals surface area contributed by atoms with Crippen LogP contribution in [-0.2, 0) is 4.79 Å². The van der Waals surface area contributed by atoms with Gasteiger partial charge in [0, 0.05) is 43.0 Å². The van der Waals surface area contributed by atoms with Crippen molar-refractivity contribution in [3.63, 3.8) is 0 Å². The predicted molar refractivity (Wildman–Crippen MR) is 147 cm³/mol. The lowest BCUT2D eigenvalue weighted by atomic mass is 9.77. The third-order valence-corrected chi connectivity index (χ3v) is 7.65. The molecule has 2 aliphatic heterocycles. The average molecular weight is 583 g/mol. The van der Waals surface area contributed by atoms with Gasteiger partial charge >= 0.3 is 6.18 Å². The minimum absolute atomic E-state index is 0.0427. The van der Waals surface area contributed by atoms with Crippen molar-refractivity contribution < 1.29 is 27.8 Å². The van der Waals surface area contributed by atoms with Gasteiger partial charge in [-0.1, -0.05) is 11.6 Å². The number of alkyl halides is 3. The van der Waals surface area contributed by atoms with Gasteiger partial charge in [-0.05, 0) is 52.4 Å². The lowest BCUT2D eigenvalue weighted by Gasteiger charge is -2.63. The number of allylic oxidation sites excluding steroid dienone is 2. The Labute approximate surface area is 236 Å². The summed E-state index contributed by atoms with van der Waals surface area (Å²) in [5.41, 5.74) is 7.41. The second-order valence-electron chi connectivity index (χ2n) is 10.5. The normalized spacial score (nSPS) is 18.2. The van der Waals surface area contributed by atoms with E-state index < -0.39 is 24.4 Å². The number of likely N-dealkylation sites (tertiary alicyclic amines) is 1. The summed E-state index contributed by atoms with van der Waals surface area (Å²) in [7, 11) is 1.72. The van der Waals surface area contributed by atoms with Gasteiger partial charge in [-0.15, -0.1) is 0 Å². The maximum absolute atomic E-state index is 13.1. The fourth-order valence-corrected chi connectivity index (χ4v) is 5.48. The first-order chi connectivity index (χ1) is 18.7. The standard InChI is InChI=1S/C27H34ClF3N6O3/c1-15-23(22(16(2)32)17(3)38)34-24(20-9-19(5-6-21(20)28)40-11-18(39)10-33-4)35-25(15)36-12-26(13-36)7-8-37(26)14-27(29,30)31/h5-6,9,18,33,39H,7-8,10-14,32H2,1-4H3/t18-/m1/s1. The highest BCUT2D eigenvalue weighted by molar-refractivity contribution is 6.33. The van der Waals surface area contributed by atoms with E-state index in [-0.39, 0.29) is 29.5 Å². The Morgan fingerprint density at radius 3 is 2.55 bits per heavy atom. The molecule has 218 valence electrons. The Balaban J connectivity index is 1.73. The number of Topliss-reactive ketones (excluding diaryl/α,β-unsaturated/α-hetero) is 1. The van der Waals surface area contributed by atoms with E-state index in [0.29, 0.717) is 66.0 Å². The van der Waals surface area contributed by atoms with Crippen LogP contribution in [0.5, 0.6) is 5.75 Å². The first kappa shape index (κ1) is 30.0. The molecule has 0 saturated carbocycles. The summed E-state index contributed by atoms with van der Waals surface area (Å²) >= 11 is 6.55. The van der Waals surface area contributed by atoms with Crippen LogP contribution in [0.1, 0.15) is 31.5 Å². The molecule has 1 aromatic heterocycles. The summed E-state index contributed by atoms with van der Waals surface area (Å²) in [5, 5.41) is 13.2. The predicted octanol–water partition coefficient (Wildman–Crippen LogP) is 3.17. The van der Waals surface area contributed by atoms with Crippen molar-refractivity contribution in [1.82, 2.24) is 20.2 Å². The maximum Gasteiger partial charge on any atom is 0.401 e. The molecule has 13 heteroatoms. The number of carbonyl (C=O) groups excluding carboxylic acids is 1. The largest absolute Gasteiger partial charge is 0.491 e. The van der Waals surface area contributed by atoms with Crippen molar-refractivity contribution in [1.29, 1.82) is 0 Å². The Kier molecular flexibility index (Phi) is 8.65. The van der Waals surface area contributed by atoms with E-state index in [9.17, 15) is 23.1 Å². The van der Waals surface area contributed by atoms with Crippen LogP contribution in [0.2, 0.25) is 5.02 Å². The second-order valence-corrected chi connectivity index (χ2v) is 10.9. The van der Waals surface area contributed by atoms with Crippen LogP contribution in [0.15, 0.2) is 23.9 Å². The number of rotatable bonds is 10. The molecular formula is C27H34ClF3N6O3. The molecule has 0 bridgehead atoms. The number of aliphatic hydroxyl groups is 1. The quantitative estimate of drug-likeness (QED) is 0.363. The van der Waals surface area contributed by atoms with Crippen molar-refractivity contribution in [2.45, 2.75) is 45.0 Å². The number of nitrogens with one attached hydrogen (secondary N) is 1. The van der Waals surface area contributed by atoms with Crippen LogP contribution in [-0.4, -0.2) is 90.0 Å². The minimum atomic E-state index is -4.27. The topological polar surface area (TPSA) is 117 Å². The van der Waals surface area contributed by atoms with Crippen LogP contribution >= 0.6 is 11.6 Å². The number of ether oxygens (including phenoxy) is 1. The Hall–Kier alpha value is -2.93. The van der Waals surface area contributed by atoms with Gasteiger partial charge < -0.3 is 25.8 Å². The van der Waals surface area contributed by atoms with Crippen LogP contribution in [0.4, 0.5) is 19.0 Å². The number of benzene rings is 1. The summed E-state index contributed by atoms with van der Waals surface area (Å²) in [6.07, 6.45) is -4.34. The van der Waals surface area contributed by atoms with Crippen LogP contribution in [0.3, 0.4) is 0 Å². The summed E-state index contributed by atoms with van der Waals surface area (Å²) in [6, 6.07) is 4.93. The van der Waals surface area contributed by atoms with E-state index in [4.69, 9.17) is 32.0 Å². The number of nitrogens with two attached hydrogens (primary N) is 1. The van der Waals surface area contributed by atoms with Gasteiger partial charge in [0.15, 0.2) is 11.6 Å². The number of aliphatic hydroxyl groups excluding tert-OH is 1. The Bertz CT molecular complexity index is 1310. The van der Waals surface area contributed by atoms with Gasteiger partial charge in [0.1, 0.15) is 24.3 Å². The van der Waals surface area contributed by atoms with Gasteiger partial charge in [0.25, 0.3) is 0 Å². The minimum Gasteiger partial charge on any atom is -0.491 e. The van der Waals surface area contributed by atoms with Gasteiger partial charge in [0.05, 0.1) is 28.4 Å². The highest BCUT2D eigenvalue weighted by Gasteiger charge is 2.56. The zero-order chi connectivity index (χ0) is 29.4. The number of ketones is 1. The zero-order valence-electron chi connectivity index (χ0n) is 22.9. The molecule has 1 atom stereocenters. The fourth-order valence-electron chi connectivity index (χ4n) is 5.28. The average Bonchev–Trinajstić information content (AvgIpc) is 2.82. The number of likely N-dealkylation sites (N-methyl/N-ethyl adjacent to an activating group) is 1. The Morgan fingerprint density at radius 2 is 2.00 bits per heavy atom. The molecule has 2 aliphatic rings. The highest BCUT2D eigenvalue weighted by atomic mass is 35.5. The molecule has 2 aromatic rings. The third-order valence-electron chi connectivity index (χ3n) is 7.32. The molecule has 4 N–H and O–H groups in total. The molecule has 9 nitrogen and oxygen atoms in total. The van der Waals surface area contributed by atoms with E-state index in [1.807, 2.05) is 4.90 Å². The zero-order valence-corrected chi connectivity index (χ0v) is 23.7. The van der Waals surface area contributed by atoms with E-state index in [1.165, 1.54) is 11.8 Å². The first-order valence-electron chi connectivity index (χ1n) is 12.9. The van der Waals surface area contributed by atoms with Gasteiger partial charge in [-0.3, -0.25) is 9.69 Å². The number of nitrogens with zero attached hydrogens (tertiary/aromatic N) is 4. The molecule has 2 saturated heterocycles. The van der Waals surface area contributed by atoms with Gasteiger partial charge in [-0.25, -0.2) is 9.97 Å². The summed E-state index contributed by atoms with van der Waals surface area (Å²) in [6.45, 7) is 5.33. The molecule has 0 aliphatic carbocycles. The molecule has 1 aromatic carbocycles. The molecule has 0 radical (unpaired) electrons. The molecular weight excluding hydrogens is 549 g/mol. The van der Waals surface area contributed by atoms with Crippen LogP contribution in [0.25, 0.3) is 17.0 Å². The molecule has 3 heterocycles. The SMILES string of the molecule is CNC[C@@H](O)COc1ccc(Cl)c(-c2nc(C(C(C)=O)=C(C)N)c(C)c(N3CC4(CCN4CC(F)(F)F)C3)n2)c1. The van der Waals surface area contributed by atoms with E-state index in [2.05, 4.69) is 5.32 Å². The van der Waals surface area contributed by atoms with Crippen LogP contribution < -0.4 is 20.7 Å². The lowest BCUT2D eigenvalue weighted by molar-refractivity contribution is -0.182. The lowest BCUT2D eigenvalue weighted by Crippen LogP contribution is -2.78. The number of aromatic nitrogens is 2. The van der Waals surface area contributed by atoms with E-state index in [0.717, 1.165) is 0 Å². The fraction of sp³-hybridized carbons (Fsp3) is 0.519. The van der Waals surface area contributed by atoms with Gasteiger partial charge in [-0.2, -0.15) is 13.2 Å². The summed E-state index contributed by atoms with van der Waals surface area (Å²) in [4.78, 5) is 25.4. The molecule has 40 heavy (non-hydrogen) atoms. The molecule has 4 rings (SSSR count). The number of carbonyl (C=O) groups is 1. The van der Waals surface area contributed by atoms with E-state index in [1.54, 1.807) is 39.1 Å². The van der Waals surface area contributed by atoms with Crippen molar-refractivity contribution in [3.05, 3.63) is 40.2 Å². The van der Waals surface area contributed by atoms with Crippen molar-refractivity contribution in [2.24, 2.45) is 5.73 Å². The molecule has 0 unspecified atom stereocenters. The third kappa shape index (κ3) is 6.19. The molecule has 2 fully saturated rings. The van der Waals surface area contributed by atoms with Crippen molar-refractivity contribution in [3.8, 4) is 17.1 Å². The van der Waals surface area contributed by atoms with E-state index >= 15 is 0 Å². The van der Waals surface area contributed by atoms with Crippen molar-refractivity contribution in [2.75, 3.05) is 51.3 Å². The number of hydrogen-bond donors (Lipinski definition) is 3. The number of halogens is 4. The first-order valence-corrected chi connectivity index (χ1v) is 13.3. The van der Waals surface area contributed by atoms with Crippen molar-refractivity contribution >= 4 is 28.8 Å². The van der Waals surface area contributed by atoms with Crippen LogP contribution in [0, 0.1) is 6.92 Å². The second kappa shape index (κ2) is 11.5. The summed E-state index contributed by atoms with van der Waals surface area (Å²) < 4.78 is 45.0. The monoisotopic (exact) mass is 582 g/mol. The smallest absolute Gasteiger partial charge is 0.401 e. The number of anilines is 1. The highest BCUT2D eigenvalue weighted by Crippen LogP contribution is 2.44. The Morgan fingerprint density at radius 1 is 1.30 bits per heavy atom. The number of hydrogen-bond acceptors (Lipinski definition) is 9. The summed E-state index contributed by atoms with van der Waals surface area (Å²) in [5.74, 6) is 0.856. The maximum atomic E-state index is 13.1. The van der Waals surface area contributed by atoms with Gasteiger partial charge in [0.2, 0.25) is 0 Å².